The Morgan fingerprint density at radius 2 is 1.67 bits per heavy atom. The number of methoxy groups -OCH3 is 1. The third kappa shape index (κ3) is 8.95. The Bertz CT molecular complexity index is 1990. The summed E-state index contributed by atoms with van der Waals surface area (Å²) < 4.78 is 23.6. The number of piperazine rings is 1. The molecule has 5 bridgehead atoms. The van der Waals surface area contributed by atoms with Crippen molar-refractivity contribution in [1.29, 1.82) is 0 Å². The third-order valence-electron chi connectivity index (χ3n) is 11.7. The summed E-state index contributed by atoms with van der Waals surface area (Å²) in [6.45, 7) is 13.4. The summed E-state index contributed by atoms with van der Waals surface area (Å²) in [5.41, 5.74) is -0.255. The smallest absolute Gasteiger partial charge is 0.302 e. The van der Waals surface area contributed by atoms with Gasteiger partial charge in [-0.05, 0) is 27.3 Å². The lowest BCUT2D eigenvalue weighted by atomic mass is 9.81. The molecule has 0 radical (unpaired) electrons. The minimum atomic E-state index is -1.95. The van der Waals surface area contributed by atoms with Crippen molar-refractivity contribution in [3.63, 3.8) is 0 Å². The molecule has 1 fully saturated rings. The van der Waals surface area contributed by atoms with E-state index in [9.17, 15) is 39.9 Å². The number of benzene rings is 2. The van der Waals surface area contributed by atoms with Gasteiger partial charge in [-0.15, -0.1) is 0 Å². The summed E-state index contributed by atoms with van der Waals surface area (Å²) in [4.78, 5) is 42.5. The van der Waals surface area contributed by atoms with Gasteiger partial charge in [0.15, 0.2) is 5.75 Å². The first-order chi connectivity index (χ1) is 27.3. The predicted octanol–water partition coefficient (Wildman–Crippen LogP) is 3.97. The molecule has 6 N–H and O–H groups in total. The van der Waals surface area contributed by atoms with E-state index in [1.807, 2.05) is 7.05 Å². The molecule has 2 aromatic rings. The number of esters is 1. The van der Waals surface area contributed by atoms with E-state index in [0.717, 1.165) is 13.1 Å². The van der Waals surface area contributed by atoms with Crippen LogP contribution < -0.4 is 10.1 Å². The number of amides is 1. The van der Waals surface area contributed by atoms with Crippen molar-refractivity contribution < 1.29 is 58.9 Å². The number of allylic oxidation sites excluding steroid dienone is 2. The maximum Gasteiger partial charge on any atom is 0.302 e. The number of fused-ring (bicyclic) bond motifs is 15. The molecule has 2 aromatic carbocycles. The minimum Gasteiger partial charge on any atom is -0.507 e. The molecular weight excluding hydrogens is 752 g/mol. The van der Waals surface area contributed by atoms with Gasteiger partial charge in [0.25, 0.3) is 11.7 Å². The van der Waals surface area contributed by atoms with E-state index >= 15 is 0 Å². The Balaban J connectivity index is 1.66. The van der Waals surface area contributed by atoms with Crippen LogP contribution in [0, 0.1) is 24.7 Å². The molecule has 0 saturated carbocycles. The number of aliphatic hydroxyl groups excluding tert-OH is 2. The SMILES string of the molecule is CO[C@H]1CCO[C@@]2(C)Oc3c(C)c(O)c4c(O)c(c(/C=N/N5CCN(C)CC5)c(O)c4c3C2=O)NC(=O)/C(C)=C\C=C\[C@H](C)[C@H](O)[C@@H](C)[C@@H](O)[C@@H](C)[C@H](OC(C)=O)C1. The largest absolute Gasteiger partial charge is 0.507 e. The molecule has 0 unspecified atom stereocenters. The Morgan fingerprint density at radius 3 is 2.31 bits per heavy atom. The number of Topliss-reactive ketones (excluding diaryl/α,β-unsaturated/α-hetero) is 1. The molecule has 318 valence electrons. The number of carbonyl (C=O) groups is 3. The zero-order chi connectivity index (χ0) is 42.8. The summed E-state index contributed by atoms with van der Waals surface area (Å²) in [6, 6.07) is 0. The van der Waals surface area contributed by atoms with Gasteiger partial charge >= 0.3 is 5.97 Å². The van der Waals surface area contributed by atoms with E-state index in [2.05, 4.69) is 15.3 Å². The van der Waals surface area contributed by atoms with E-state index in [0.29, 0.717) is 13.1 Å². The van der Waals surface area contributed by atoms with Crippen LogP contribution >= 0.6 is 0 Å². The summed E-state index contributed by atoms with van der Waals surface area (Å²) >= 11 is 0. The fourth-order valence-corrected chi connectivity index (χ4v) is 7.74. The van der Waals surface area contributed by atoms with Crippen LogP contribution in [0.3, 0.4) is 0 Å². The highest BCUT2D eigenvalue weighted by atomic mass is 16.7. The maximum atomic E-state index is 14.4. The molecule has 6 rings (SSSR count). The molecule has 4 aliphatic rings. The van der Waals surface area contributed by atoms with Gasteiger partial charge in [-0.3, -0.25) is 19.4 Å². The molecular formula is C42H58N4O12. The average Bonchev–Trinajstić information content (AvgIpc) is 3.45. The third-order valence-corrected chi connectivity index (χ3v) is 11.7. The van der Waals surface area contributed by atoms with Gasteiger partial charge in [0.05, 0.1) is 53.3 Å². The fraction of sp³-hybridized carbons (Fsp3) is 0.571. The highest BCUT2D eigenvalue weighted by molar-refractivity contribution is 6.23. The molecule has 4 aliphatic heterocycles. The van der Waals surface area contributed by atoms with E-state index in [1.54, 1.807) is 37.9 Å². The van der Waals surface area contributed by atoms with Crippen LogP contribution in [0.1, 0.15) is 75.9 Å². The molecule has 16 nitrogen and oxygen atoms in total. The van der Waals surface area contributed by atoms with E-state index in [-0.39, 0.29) is 63.9 Å². The number of hydrogen-bond acceptors (Lipinski definition) is 15. The van der Waals surface area contributed by atoms with Crippen molar-refractivity contribution in [1.82, 2.24) is 9.91 Å². The van der Waals surface area contributed by atoms with Crippen LogP contribution in [0.15, 0.2) is 28.9 Å². The molecule has 16 heteroatoms. The van der Waals surface area contributed by atoms with Gasteiger partial charge in [0.1, 0.15) is 23.4 Å². The number of aliphatic hydroxyl groups is 2. The topological polar surface area (TPSA) is 220 Å². The summed E-state index contributed by atoms with van der Waals surface area (Å²) in [5, 5.41) is 66.7. The number of ketones is 1. The molecule has 4 heterocycles. The zero-order valence-corrected chi connectivity index (χ0v) is 34.7. The van der Waals surface area contributed by atoms with Crippen molar-refractivity contribution in [2.45, 2.75) is 91.5 Å². The number of nitrogens with one attached hydrogen (secondary N) is 1. The Morgan fingerprint density at radius 1 is 1.00 bits per heavy atom. The van der Waals surface area contributed by atoms with Crippen molar-refractivity contribution in [3.8, 4) is 23.0 Å². The van der Waals surface area contributed by atoms with Gasteiger partial charge in [0, 0.05) is 87.8 Å². The highest BCUT2D eigenvalue weighted by Gasteiger charge is 2.49. The quantitative estimate of drug-likeness (QED) is 0.112. The number of ether oxygens (including phenoxy) is 4. The number of rotatable bonds is 4. The van der Waals surface area contributed by atoms with Gasteiger partial charge in [-0.2, -0.15) is 5.10 Å². The predicted molar refractivity (Wildman–Crippen MR) is 216 cm³/mol. The molecule has 1 amide bonds. The summed E-state index contributed by atoms with van der Waals surface area (Å²) in [7, 11) is 3.47. The molecule has 0 aromatic heterocycles. The Labute approximate surface area is 338 Å². The number of hydrogen-bond donors (Lipinski definition) is 6. The number of nitrogens with zero attached hydrogens (tertiary/aromatic N) is 3. The second kappa shape index (κ2) is 18.0. The first-order valence-electron chi connectivity index (χ1n) is 19.7. The van der Waals surface area contributed by atoms with Crippen LogP contribution in [-0.4, -0.2) is 136 Å². The molecule has 0 spiro atoms. The van der Waals surface area contributed by atoms with Crippen LogP contribution in [0.25, 0.3) is 10.8 Å². The van der Waals surface area contributed by atoms with Gasteiger partial charge in [-0.25, -0.2) is 0 Å². The lowest BCUT2D eigenvalue weighted by molar-refractivity contribution is -0.157. The van der Waals surface area contributed by atoms with Crippen molar-refractivity contribution in [3.05, 3.63) is 40.5 Å². The monoisotopic (exact) mass is 810 g/mol. The Kier molecular flexibility index (Phi) is 13.8. The van der Waals surface area contributed by atoms with E-state index in [1.165, 1.54) is 47.1 Å². The zero-order valence-electron chi connectivity index (χ0n) is 34.7. The molecule has 0 aliphatic carbocycles. The highest BCUT2D eigenvalue weighted by Crippen LogP contribution is 2.55. The van der Waals surface area contributed by atoms with Gasteiger partial charge in [-0.1, -0.05) is 39.0 Å². The number of aromatic hydroxyl groups is 3. The van der Waals surface area contributed by atoms with Crippen molar-refractivity contribution >= 4 is 40.3 Å². The average molecular weight is 811 g/mol. The first-order valence-corrected chi connectivity index (χ1v) is 19.7. The number of carbonyl (C=O) groups excluding carboxylic acids is 3. The maximum absolute atomic E-state index is 14.4. The number of phenolic OH excluding ortho intramolecular Hbond substituents is 3. The van der Waals surface area contributed by atoms with Crippen molar-refractivity contribution in [2.24, 2.45) is 22.9 Å². The number of likely N-dealkylation sites (N-methyl/N-ethyl adjacent to an activating group) is 1. The van der Waals surface area contributed by atoms with Gasteiger partial charge in [0.2, 0.25) is 5.78 Å². The lowest BCUT2D eigenvalue weighted by Crippen LogP contribution is -2.43. The minimum absolute atomic E-state index is 0.0615. The van der Waals surface area contributed by atoms with E-state index in [4.69, 9.17) is 18.9 Å². The first kappa shape index (κ1) is 44.4. The second-order valence-electron chi connectivity index (χ2n) is 15.9. The normalized spacial score (nSPS) is 31.0. The number of phenols is 3. The van der Waals surface area contributed by atoms with Crippen LogP contribution in [0.5, 0.6) is 23.0 Å². The molecule has 1 saturated heterocycles. The Hall–Kier alpha value is -4.74. The number of hydrazone groups is 1. The standard InChI is InChI=1S/C42H58N4O12/c1-21-11-10-12-22(2)41(54)44-33-28(20-43-46-16-14-45(8)15-17-46)37(51)30-31(38(33)52)36(50)25(5)39-32(30)40(53)42(7,58-39)56-18-13-27(55-9)19-29(57-26(6)47)23(3)35(49)24(4)34(21)48/h10-12,20-21,23-24,27,29,34-35,48-52H,13-19H2,1-9H3,(H,44,54)/b11-10+,22-12-,43-20+/t21-,23-,24+,27-,29+,34-,35-,42-/m0/s1. The summed E-state index contributed by atoms with van der Waals surface area (Å²) in [5.74, 6) is -7.37. The molecule has 8 atom stereocenters. The van der Waals surface area contributed by atoms with Crippen LogP contribution in [-0.2, 0) is 23.8 Å². The fourth-order valence-electron chi connectivity index (χ4n) is 7.74. The van der Waals surface area contributed by atoms with Crippen molar-refractivity contribution in [2.75, 3.05) is 52.3 Å². The van der Waals surface area contributed by atoms with Crippen LogP contribution in [0.4, 0.5) is 5.69 Å². The van der Waals surface area contributed by atoms with E-state index < -0.39 is 82.9 Å². The summed E-state index contributed by atoms with van der Waals surface area (Å²) in [6.07, 6.45) is 2.90. The van der Waals surface area contributed by atoms with Crippen LogP contribution in [0.2, 0.25) is 0 Å². The number of anilines is 1. The molecule has 58 heavy (non-hydrogen) atoms. The lowest BCUT2D eigenvalue weighted by Gasteiger charge is -2.35. The second-order valence-corrected chi connectivity index (χ2v) is 15.9. The van der Waals surface area contributed by atoms with Gasteiger partial charge < -0.3 is 54.7 Å².